The van der Waals surface area contributed by atoms with Crippen LogP contribution >= 0.6 is 0 Å². The van der Waals surface area contributed by atoms with Gasteiger partial charge in [0.25, 0.3) is 10.0 Å². The quantitative estimate of drug-likeness (QED) is 0.546. The molecule has 1 amide bonds. The molecule has 3 aromatic carbocycles. The zero-order valence-electron chi connectivity index (χ0n) is 19.9. The molecule has 0 spiro atoms. The number of hydrogen-bond acceptors (Lipinski definition) is 4. The van der Waals surface area contributed by atoms with Crippen LogP contribution in [0.1, 0.15) is 43.0 Å². The number of amides is 1. The zero-order chi connectivity index (χ0) is 24.5. The number of rotatable bonds is 6. The summed E-state index contributed by atoms with van der Waals surface area (Å²) in [5, 5.41) is 3.07. The predicted molar refractivity (Wildman–Crippen MR) is 134 cm³/mol. The van der Waals surface area contributed by atoms with E-state index in [1.165, 1.54) is 16.4 Å². The van der Waals surface area contributed by atoms with Gasteiger partial charge < -0.3 is 10.1 Å². The first-order valence-corrected chi connectivity index (χ1v) is 12.7. The van der Waals surface area contributed by atoms with Gasteiger partial charge in [0.15, 0.2) is 0 Å². The highest BCUT2D eigenvalue weighted by atomic mass is 32.2. The summed E-state index contributed by atoms with van der Waals surface area (Å²) in [5.74, 6) is 0.356. The summed E-state index contributed by atoms with van der Waals surface area (Å²) in [6, 6.07) is 20.9. The summed E-state index contributed by atoms with van der Waals surface area (Å²) in [7, 11) is -3.95. The van der Waals surface area contributed by atoms with Crippen molar-refractivity contribution in [1.82, 2.24) is 5.32 Å². The molecule has 0 aliphatic carbocycles. The summed E-state index contributed by atoms with van der Waals surface area (Å²) in [6.45, 7) is 7.55. The Balaban J connectivity index is 1.64. The van der Waals surface area contributed by atoms with Crippen molar-refractivity contribution in [2.45, 2.75) is 50.7 Å². The second-order valence-electron chi connectivity index (χ2n) is 9.39. The highest BCUT2D eigenvalue weighted by Crippen LogP contribution is 2.40. The van der Waals surface area contributed by atoms with Gasteiger partial charge in [0.2, 0.25) is 5.91 Å². The van der Waals surface area contributed by atoms with E-state index in [0.29, 0.717) is 12.1 Å². The maximum absolute atomic E-state index is 13.5. The van der Waals surface area contributed by atoms with E-state index in [1.54, 1.807) is 30.3 Å². The van der Waals surface area contributed by atoms with Gasteiger partial charge in [0, 0.05) is 12.0 Å². The Morgan fingerprint density at radius 1 is 1.00 bits per heavy atom. The summed E-state index contributed by atoms with van der Waals surface area (Å²) in [6.07, 6.45) is 0.575. The SMILES string of the molecule is Cc1ccc(N(CC(=O)NC2CC(C)(C)Oc3ccc(C)cc32)S(=O)(=O)c2ccccc2)cc1. The molecule has 4 rings (SSSR count). The third-order valence-electron chi connectivity index (χ3n) is 5.90. The van der Waals surface area contributed by atoms with Crippen LogP contribution in [0.3, 0.4) is 0 Å². The molecule has 178 valence electrons. The van der Waals surface area contributed by atoms with E-state index in [-0.39, 0.29) is 23.4 Å². The Morgan fingerprint density at radius 3 is 2.32 bits per heavy atom. The van der Waals surface area contributed by atoms with E-state index in [9.17, 15) is 13.2 Å². The largest absolute Gasteiger partial charge is 0.487 e. The Labute approximate surface area is 201 Å². The fourth-order valence-corrected chi connectivity index (χ4v) is 5.66. The molecule has 0 aromatic heterocycles. The number of ether oxygens (including phenoxy) is 1. The van der Waals surface area contributed by atoms with Crippen LogP contribution < -0.4 is 14.4 Å². The van der Waals surface area contributed by atoms with Gasteiger partial charge in [-0.1, -0.05) is 53.6 Å². The molecule has 0 radical (unpaired) electrons. The van der Waals surface area contributed by atoms with Gasteiger partial charge in [-0.3, -0.25) is 9.10 Å². The van der Waals surface area contributed by atoms with Crippen LogP contribution in [-0.2, 0) is 14.8 Å². The second kappa shape index (κ2) is 9.14. The number of sulfonamides is 1. The number of nitrogens with one attached hydrogen (secondary N) is 1. The van der Waals surface area contributed by atoms with Crippen molar-refractivity contribution in [3.63, 3.8) is 0 Å². The maximum atomic E-state index is 13.5. The third-order valence-corrected chi connectivity index (χ3v) is 7.69. The maximum Gasteiger partial charge on any atom is 0.264 e. The standard InChI is InChI=1S/C27H30N2O4S/c1-19-10-13-21(14-11-19)29(34(31,32)22-8-6-5-7-9-22)18-26(30)28-24-17-27(3,4)33-25-15-12-20(2)16-23(24)25/h5-16,24H,17-18H2,1-4H3,(H,28,30). The minimum Gasteiger partial charge on any atom is -0.487 e. The lowest BCUT2D eigenvalue weighted by molar-refractivity contribution is -0.120. The molecule has 1 aliphatic rings. The van der Waals surface area contributed by atoms with E-state index >= 15 is 0 Å². The summed E-state index contributed by atoms with van der Waals surface area (Å²) < 4.78 is 34.3. The van der Waals surface area contributed by atoms with E-state index in [4.69, 9.17) is 4.74 Å². The van der Waals surface area contributed by atoms with Gasteiger partial charge in [-0.25, -0.2) is 8.42 Å². The number of benzene rings is 3. The first kappa shape index (κ1) is 23.8. The molecule has 3 aromatic rings. The number of fused-ring (bicyclic) bond motifs is 1. The van der Waals surface area contributed by atoms with Crippen LogP contribution in [0.2, 0.25) is 0 Å². The normalized spacial score (nSPS) is 16.8. The molecule has 0 saturated carbocycles. The van der Waals surface area contributed by atoms with Crippen molar-refractivity contribution in [2.75, 3.05) is 10.8 Å². The second-order valence-corrected chi connectivity index (χ2v) is 11.2. The van der Waals surface area contributed by atoms with Crippen LogP contribution in [0.15, 0.2) is 77.7 Å². The van der Waals surface area contributed by atoms with Crippen LogP contribution in [0, 0.1) is 13.8 Å². The number of carbonyl (C=O) groups is 1. The zero-order valence-corrected chi connectivity index (χ0v) is 20.7. The molecule has 1 aliphatic heterocycles. The minimum atomic E-state index is -3.95. The Kier molecular flexibility index (Phi) is 6.41. The lowest BCUT2D eigenvalue weighted by atomic mass is 9.89. The van der Waals surface area contributed by atoms with Gasteiger partial charge in [-0.05, 0) is 58.0 Å². The number of hydrogen-bond donors (Lipinski definition) is 1. The Hall–Kier alpha value is -3.32. The molecule has 1 heterocycles. The Bertz CT molecular complexity index is 1290. The van der Waals surface area contributed by atoms with Crippen LogP contribution in [0.25, 0.3) is 0 Å². The van der Waals surface area contributed by atoms with Gasteiger partial charge in [-0.2, -0.15) is 0 Å². The molecular weight excluding hydrogens is 448 g/mol. The lowest BCUT2D eigenvalue weighted by Gasteiger charge is -2.38. The highest BCUT2D eigenvalue weighted by molar-refractivity contribution is 7.92. The monoisotopic (exact) mass is 478 g/mol. The van der Waals surface area contributed by atoms with E-state index in [0.717, 1.165) is 22.4 Å². The van der Waals surface area contributed by atoms with Gasteiger partial charge in [0.05, 0.1) is 16.6 Å². The molecule has 1 atom stereocenters. The van der Waals surface area contributed by atoms with Crippen molar-refractivity contribution in [2.24, 2.45) is 0 Å². The highest BCUT2D eigenvalue weighted by Gasteiger charge is 2.35. The van der Waals surface area contributed by atoms with Crippen LogP contribution in [-0.4, -0.2) is 26.5 Å². The molecule has 7 heteroatoms. The summed E-state index contributed by atoms with van der Waals surface area (Å²) in [4.78, 5) is 13.4. The molecule has 0 fully saturated rings. The molecule has 1 N–H and O–H groups in total. The summed E-state index contributed by atoms with van der Waals surface area (Å²) in [5.41, 5.74) is 2.94. The van der Waals surface area contributed by atoms with Crippen molar-refractivity contribution >= 4 is 21.6 Å². The first-order chi connectivity index (χ1) is 16.0. The van der Waals surface area contributed by atoms with Crippen molar-refractivity contribution in [3.05, 3.63) is 89.5 Å². The van der Waals surface area contributed by atoms with Crippen LogP contribution in [0.4, 0.5) is 5.69 Å². The number of carbonyl (C=O) groups excluding carboxylic acids is 1. The molecule has 6 nitrogen and oxygen atoms in total. The number of nitrogens with zero attached hydrogens (tertiary/aromatic N) is 1. The molecule has 0 bridgehead atoms. The topological polar surface area (TPSA) is 75.7 Å². The van der Waals surface area contributed by atoms with Gasteiger partial charge >= 0.3 is 0 Å². The smallest absolute Gasteiger partial charge is 0.264 e. The third kappa shape index (κ3) is 5.09. The number of aryl methyl sites for hydroxylation is 2. The molecule has 1 unspecified atom stereocenters. The van der Waals surface area contributed by atoms with Crippen molar-refractivity contribution in [1.29, 1.82) is 0 Å². The van der Waals surface area contributed by atoms with Gasteiger partial charge in [0.1, 0.15) is 17.9 Å². The average molecular weight is 479 g/mol. The van der Waals surface area contributed by atoms with E-state index < -0.39 is 15.6 Å². The fraction of sp³-hybridized carbons (Fsp3) is 0.296. The molecule has 34 heavy (non-hydrogen) atoms. The van der Waals surface area contributed by atoms with Crippen molar-refractivity contribution in [3.8, 4) is 5.75 Å². The first-order valence-electron chi connectivity index (χ1n) is 11.3. The summed E-state index contributed by atoms with van der Waals surface area (Å²) >= 11 is 0. The van der Waals surface area contributed by atoms with E-state index in [2.05, 4.69) is 5.32 Å². The molecule has 0 saturated heterocycles. The molecular formula is C27H30N2O4S. The van der Waals surface area contributed by atoms with Gasteiger partial charge in [-0.15, -0.1) is 0 Å². The fourth-order valence-electron chi connectivity index (χ4n) is 4.22. The minimum absolute atomic E-state index is 0.136. The predicted octanol–water partition coefficient (Wildman–Crippen LogP) is 4.92. The van der Waals surface area contributed by atoms with Crippen LogP contribution in [0.5, 0.6) is 5.75 Å². The number of anilines is 1. The lowest BCUT2D eigenvalue weighted by Crippen LogP contribution is -2.45. The van der Waals surface area contributed by atoms with E-state index in [1.807, 2.05) is 58.0 Å². The Morgan fingerprint density at radius 2 is 1.65 bits per heavy atom. The average Bonchev–Trinajstić information content (AvgIpc) is 2.79. The van der Waals surface area contributed by atoms with Crippen molar-refractivity contribution < 1.29 is 17.9 Å².